The lowest BCUT2D eigenvalue weighted by Gasteiger charge is -2.09. The summed E-state index contributed by atoms with van der Waals surface area (Å²) in [6.45, 7) is 2.19. The van der Waals surface area contributed by atoms with E-state index >= 15 is 0 Å². The molecule has 3 rings (SSSR count). The summed E-state index contributed by atoms with van der Waals surface area (Å²) in [7, 11) is -3.97. The number of carbonyl (C=O) groups is 1. The van der Waals surface area contributed by atoms with Gasteiger partial charge in [0.25, 0.3) is 15.9 Å². The highest BCUT2D eigenvalue weighted by Gasteiger charge is 2.25. The van der Waals surface area contributed by atoms with E-state index < -0.39 is 15.9 Å². The fourth-order valence-electron chi connectivity index (χ4n) is 2.34. The highest BCUT2D eigenvalue weighted by Crippen LogP contribution is 2.18. The van der Waals surface area contributed by atoms with E-state index in [1.807, 2.05) is 37.3 Å². The van der Waals surface area contributed by atoms with Crippen LogP contribution in [0.5, 0.6) is 0 Å². The monoisotopic (exact) mass is 370 g/mol. The van der Waals surface area contributed by atoms with Crippen LogP contribution in [0.25, 0.3) is 0 Å². The molecule has 1 heterocycles. The van der Waals surface area contributed by atoms with Crippen LogP contribution in [0, 0.1) is 6.92 Å². The van der Waals surface area contributed by atoms with Gasteiger partial charge in [0.2, 0.25) is 0 Å². The number of hydrogen-bond acceptors (Lipinski definition) is 4. The highest BCUT2D eigenvalue weighted by molar-refractivity contribution is 7.92. The zero-order valence-corrected chi connectivity index (χ0v) is 14.9. The quantitative estimate of drug-likeness (QED) is 0.620. The number of sulfonamides is 1. The number of anilines is 1. The predicted molar refractivity (Wildman–Crippen MR) is 98.2 cm³/mol. The molecule has 0 bridgehead atoms. The molecule has 8 heteroatoms. The Kier molecular flexibility index (Phi) is 5.04. The molecule has 26 heavy (non-hydrogen) atoms. The average molecular weight is 370 g/mol. The summed E-state index contributed by atoms with van der Waals surface area (Å²) in [5.41, 5.74) is 2.28. The zero-order chi connectivity index (χ0) is 18.6. The summed E-state index contributed by atoms with van der Waals surface area (Å²) in [5, 5.41) is 8.53. The maximum absolute atomic E-state index is 12.6. The van der Waals surface area contributed by atoms with Gasteiger partial charge in [0.1, 0.15) is 0 Å². The largest absolute Gasteiger partial charge is 0.348 e. The topological polar surface area (TPSA) is 104 Å². The fraction of sp³-hybridized carbons (Fsp3) is 0.111. The Morgan fingerprint density at radius 2 is 1.77 bits per heavy atom. The minimum Gasteiger partial charge on any atom is -0.348 e. The predicted octanol–water partition coefficient (Wildman–Crippen LogP) is 2.45. The Morgan fingerprint density at radius 3 is 2.46 bits per heavy atom. The van der Waals surface area contributed by atoms with Crippen LogP contribution in [0.15, 0.2) is 65.8 Å². The first-order chi connectivity index (χ1) is 12.5. The Hall–Kier alpha value is -3.13. The van der Waals surface area contributed by atoms with Crippen LogP contribution in [0.3, 0.4) is 0 Å². The Labute approximate surface area is 151 Å². The van der Waals surface area contributed by atoms with E-state index in [0.717, 1.165) is 11.1 Å². The molecule has 1 aromatic heterocycles. The second kappa shape index (κ2) is 7.40. The van der Waals surface area contributed by atoms with E-state index in [-0.39, 0.29) is 17.1 Å². The molecule has 0 spiro atoms. The van der Waals surface area contributed by atoms with Gasteiger partial charge in [0.05, 0.1) is 11.8 Å². The molecule has 3 N–H and O–H groups in total. The van der Waals surface area contributed by atoms with Gasteiger partial charge in [-0.25, -0.2) is 0 Å². The number of carbonyl (C=O) groups excluding carboxylic acids is 1. The fourth-order valence-corrected chi connectivity index (χ4v) is 3.50. The first-order valence-corrected chi connectivity index (χ1v) is 9.39. The van der Waals surface area contributed by atoms with E-state index in [0.29, 0.717) is 5.69 Å². The molecule has 0 unspecified atom stereocenters. The number of rotatable bonds is 6. The van der Waals surface area contributed by atoms with Crippen molar-refractivity contribution in [1.82, 2.24) is 15.5 Å². The molecule has 0 saturated heterocycles. The lowest BCUT2D eigenvalue weighted by molar-refractivity contribution is 0.0947. The number of hydrogen-bond donors (Lipinski definition) is 3. The van der Waals surface area contributed by atoms with Crippen molar-refractivity contribution in [3.63, 3.8) is 0 Å². The second-order valence-corrected chi connectivity index (χ2v) is 7.37. The molecule has 3 aromatic rings. The van der Waals surface area contributed by atoms with Gasteiger partial charge in [0.15, 0.2) is 5.03 Å². The minimum atomic E-state index is -3.97. The molecule has 0 fully saturated rings. The molecule has 2 aromatic carbocycles. The van der Waals surface area contributed by atoms with Gasteiger partial charge < -0.3 is 5.32 Å². The van der Waals surface area contributed by atoms with Crippen molar-refractivity contribution in [3.05, 3.63) is 77.5 Å². The molecule has 0 radical (unpaired) electrons. The normalized spacial score (nSPS) is 11.1. The molecule has 134 valence electrons. The lowest BCUT2D eigenvalue weighted by Crippen LogP contribution is -2.25. The second-order valence-electron chi connectivity index (χ2n) is 5.75. The molecule has 0 aliphatic rings. The molecular formula is C18H18N4O3S. The van der Waals surface area contributed by atoms with Crippen molar-refractivity contribution in [3.8, 4) is 0 Å². The van der Waals surface area contributed by atoms with Gasteiger partial charge in [0, 0.05) is 12.2 Å². The van der Waals surface area contributed by atoms with Gasteiger partial charge in [-0.2, -0.15) is 13.5 Å². The van der Waals surface area contributed by atoms with Gasteiger partial charge in [-0.1, -0.05) is 48.0 Å². The SMILES string of the molecule is Cc1ccc(NS(=O)(=O)c2[nH]ncc2C(=O)NCc2ccccc2)cc1. The summed E-state index contributed by atoms with van der Waals surface area (Å²) in [6, 6.07) is 16.2. The first kappa shape index (κ1) is 17.7. The summed E-state index contributed by atoms with van der Waals surface area (Å²) in [5.74, 6) is -0.521. The van der Waals surface area contributed by atoms with E-state index in [9.17, 15) is 13.2 Å². The van der Waals surface area contributed by atoms with Crippen LogP contribution in [0.4, 0.5) is 5.69 Å². The number of aromatic nitrogens is 2. The van der Waals surface area contributed by atoms with Gasteiger partial charge in [-0.3, -0.25) is 14.6 Å². The molecule has 0 aliphatic heterocycles. The van der Waals surface area contributed by atoms with Crippen LogP contribution in [0.2, 0.25) is 0 Å². The number of H-pyrrole nitrogens is 1. The van der Waals surface area contributed by atoms with Crippen molar-refractivity contribution in [1.29, 1.82) is 0 Å². The van der Waals surface area contributed by atoms with Crippen LogP contribution in [0.1, 0.15) is 21.5 Å². The van der Waals surface area contributed by atoms with Gasteiger partial charge in [-0.05, 0) is 24.6 Å². The third-order valence-corrected chi connectivity index (χ3v) is 5.07. The number of aromatic amines is 1. The van der Waals surface area contributed by atoms with Crippen molar-refractivity contribution in [2.75, 3.05) is 4.72 Å². The molecule has 1 amide bonds. The molecule has 0 saturated carbocycles. The average Bonchev–Trinajstić information content (AvgIpc) is 3.13. The number of nitrogens with one attached hydrogen (secondary N) is 3. The van der Waals surface area contributed by atoms with E-state index in [4.69, 9.17) is 0 Å². The Bertz CT molecular complexity index is 996. The van der Waals surface area contributed by atoms with E-state index in [2.05, 4.69) is 20.2 Å². The van der Waals surface area contributed by atoms with Crippen LogP contribution in [-0.4, -0.2) is 24.5 Å². The van der Waals surface area contributed by atoms with Crippen LogP contribution < -0.4 is 10.0 Å². The van der Waals surface area contributed by atoms with Crippen molar-refractivity contribution < 1.29 is 13.2 Å². The Morgan fingerprint density at radius 1 is 1.08 bits per heavy atom. The maximum atomic E-state index is 12.6. The molecule has 0 atom stereocenters. The number of aryl methyl sites for hydroxylation is 1. The summed E-state index contributed by atoms with van der Waals surface area (Å²) >= 11 is 0. The zero-order valence-electron chi connectivity index (χ0n) is 14.1. The van der Waals surface area contributed by atoms with E-state index in [1.165, 1.54) is 6.20 Å². The number of benzene rings is 2. The van der Waals surface area contributed by atoms with Crippen molar-refractivity contribution in [2.45, 2.75) is 18.5 Å². The highest BCUT2D eigenvalue weighted by atomic mass is 32.2. The van der Waals surface area contributed by atoms with E-state index in [1.54, 1.807) is 24.3 Å². The van der Waals surface area contributed by atoms with Crippen LogP contribution >= 0.6 is 0 Å². The first-order valence-electron chi connectivity index (χ1n) is 7.91. The molecule has 0 aliphatic carbocycles. The number of amides is 1. The summed E-state index contributed by atoms with van der Waals surface area (Å²) < 4.78 is 27.6. The standard InChI is InChI=1S/C18H18N4O3S/c1-13-7-9-15(10-8-13)22-26(24,25)18-16(12-20-21-18)17(23)19-11-14-5-3-2-4-6-14/h2-10,12,22H,11H2,1H3,(H,19,23)(H,20,21). The third kappa shape index (κ3) is 4.09. The third-order valence-electron chi connectivity index (χ3n) is 3.72. The van der Waals surface area contributed by atoms with Crippen LogP contribution in [-0.2, 0) is 16.6 Å². The van der Waals surface area contributed by atoms with Gasteiger partial charge in [-0.15, -0.1) is 0 Å². The van der Waals surface area contributed by atoms with Gasteiger partial charge >= 0.3 is 0 Å². The van der Waals surface area contributed by atoms with Crippen molar-refractivity contribution in [2.24, 2.45) is 0 Å². The summed E-state index contributed by atoms with van der Waals surface area (Å²) in [4.78, 5) is 12.4. The molecule has 7 nitrogen and oxygen atoms in total. The van der Waals surface area contributed by atoms with Crippen molar-refractivity contribution >= 4 is 21.6 Å². The number of nitrogens with zero attached hydrogens (tertiary/aromatic N) is 1. The summed E-state index contributed by atoms with van der Waals surface area (Å²) in [6.07, 6.45) is 1.20. The maximum Gasteiger partial charge on any atom is 0.279 e. The lowest BCUT2D eigenvalue weighted by atomic mass is 10.2. The Balaban J connectivity index is 1.76. The smallest absolute Gasteiger partial charge is 0.279 e. The molecular weight excluding hydrogens is 352 g/mol. The minimum absolute atomic E-state index is 0.0412.